The van der Waals surface area contributed by atoms with E-state index in [2.05, 4.69) is 51.6 Å². The summed E-state index contributed by atoms with van der Waals surface area (Å²) in [4.78, 5) is 15.4. The van der Waals surface area contributed by atoms with Crippen LogP contribution in [-0.2, 0) is 11.3 Å². The molecule has 1 aromatic heterocycles. The van der Waals surface area contributed by atoms with Crippen LogP contribution in [0.25, 0.3) is 11.4 Å². The number of hydrogen-bond donors (Lipinski definition) is 2. The molecule has 6 nitrogen and oxygen atoms in total. The van der Waals surface area contributed by atoms with Gasteiger partial charge in [-0.15, -0.1) is 0 Å². The maximum absolute atomic E-state index is 12.9. The SMILES string of the molecule is Cc1ccc(-c2n[nH]c(=S)n2CC(=O)NCC(c2ccccc2)N2CCC(C)CC2)cc1. The second kappa shape index (κ2) is 10.2. The molecule has 4 rings (SSSR count). The van der Waals surface area contributed by atoms with Gasteiger partial charge in [-0.25, -0.2) is 0 Å². The Labute approximate surface area is 194 Å². The van der Waals surface area contributed by atoms with Crippen molar-refractivity contribution in [1.82, 2.24) is 25.0 Å². The van der Waals surface area contributed by atoms with Crippen LogP contribution < -0.4 is 5.32 Å². The quantitative estimate of drug-likeness (QED) is 0.521. The zero-order valence-electron chi connectivity index (χ0n) is 18.8. The fraction of sp³-hybridized carbons (Fsp3) is 0.400. The monoisotopic (exact) mass is 449 g/mol. The lowest BCUT2D eigenvalue weighted by Gasteiger charge is -2.37. The van der Waals surface area contributed by atoms with Crippen LogP contribution in [-0.4, -0.2) is 45.2 Å². The van der Waals surface area contributed by atoms with Crippen molar-refractivity contribution in [3.8, 4) is 11.4 Å². The van der Waals surface area contributed by atoms with Crippen LogP contribution in [0.1, 0.15) is 36.9 Å². The molecule has 1 atom stereocenters. The van der Waals surface area contributed by atoms with Crippen molar-refractivity contribution in [3.63, 3.8) is 0 Å². The topological polar surface area (TPSA) is 66.0 Å². The van der Waals surface area contributed by atoms with E-state index in [-0.39, 0.29) is 18.5 Å². The van der Waals surface area contributed by atoms with Crippen LogP contribution in [0.3, 0.4) is 0 Å². The first kappa shape index (κ1) is 22.4. The minimum Gasteiger partial charge on any atom is -0.353 e. The second-order valence-electron chi connectivity index (χ2n) is 8.75. The van der Waals surface area contributed by atoms with Gasteiger partial charge in [0, 0.05) is 12.1 Å². The number of benzene rings is 2. The normalized spacial score (nSPS) is 16.1. The Hall–Kier alpha value is -2.77. The summed E-state index contributed by atoms with van der Waals surface area (Å²) < 4.78 is 2.20. The van der Waals surface area contributed by atoms with Gasteiger partial charge in [0.15, 0.2) is 10.6 Å². The van der Waals surface area contributed by atoms with Gasteiger partial charge < -0.3 is 5.32 Å². The number of H-pyrrole nitrogens is 1. The number of amides is 1. The molecule has 168 valence electrons. The Kier molecular flexibility index (Phi) is 7.17. The van der Waals surface area contributed by atoms with Gasteiger partial charge >= 0.3 is 0 Å². The Balaban J connectivity index is 1.46. The molecule has 1 saturated heterocycles. The van der Waals surface area contributed by atoms with E-state index in [9.17, 15) is 4.79 Å². The van der Waals surface area contributed by atoms with E-state index in [0.717, 1.165) is 24.6 Å². The standard InChI is InChI=1S/C25H31N5OS/c1-18-8-10-21(11-9-18)24-27-28-25(32)30(24)17-23(31)26-16-22(20-6-4-3-5-7-20)29-14-12-19(2)13-15-29/h3-11,19,22H,12-17H2,1-2H3,(H,26,31)(H,28,32). The van der Waals surface area contributed by atoms with Crippen molar-refractivity contribution < 1.29 is 4.79 Å². The van der Waals surface area contributed by atoms with Gasteiger partial charge in [-0.05, 0) is 56.6 Å². The Morgan fingerprint density at radius 1 is 1.16 bits per heavy atom. The molecule has 0 spiro atoms. The van der Waals surface area contributed by atoms with E-state index in [0.29, 0.717) is 17.1 Å². The number of piperidine rings is 1. The summed E-state index contributed by atoms with van der Waals surface area (Å²) in [5, 5.41) is 10.3. The van der Waals surface area contributed by atoms with Gasteiger partial charge in [0.25, 0.3) is 0 Å². The summed E-state index contributed by atoms with van der Waals surface area (Å²) in [6, 6.07) is 18.7. The molecule has 2 N–H and O–H groups in total. The smallest absolute Gasteiger partial charge is 0.240 e. The predicted octanol–water partition coefficient (Wildman–Crippen LogP) is 4.51. The zero-order chi connectivity index (χ0) is 22.5. The van der Waals surface area contributed by atoms with Gasteiger partial charge in [-0.2, -0.15) is 5.10 Å². The number of carbonyl (C=O) groups is 1. The number of nitrogens with one attached hydrogen (secondary N) is 2. The van der Waals surface area contributed by atoms with Crippen molar-refractivity contribution in [1.29, 1.82) is 0 Å². The van der Waals surface area contributed by atoms with Gasteiger partial charge in [0.2, 0.25) is 5.91 Å². The van der Waals surface area contributed by atoms with Crippen molar-refractivity contribution in [2.24, 2.45) is 5.92 Å². The fourth-order valence-corrected chi connectivity index (χ4v) is 4.47. The largest absolute Gasteiger partial charge is 0.353 e. The first-order valence-corrected chi connectivity index (χ1v) is 11.7. The molecule has 0 bridgehead atoms. The van der Waals surface area contributed by atoms with E-state index >= 15 is 0 Å². The number of hydrogen-bond acceptors (Lipinski definition) is 4. The Morgan fingerprint density at radius 3 is 2.53 bits per heavy atom. The van der Waals surface area contributed by atoms with Crippen molar-refractivity contribution in [2.45, 2.75) is 39.3 Å². The van der Waals surface area contributed by atoms with Crippen LogP contribution >= 0.6 is 12.2 Å². The molecule has 7 heteroatoms. The molecule has 1 aliphatic heterocycles. The number of carbonyl (C=O) groups excluding carboxylic acids is 1. The fourth-order valence-electron chi connectivity index (χ4n) is 4.27. The number of likely N-dealkylation sites (tertiary alicyclic amines) is 1. The summed E-state index contributed by atoms with van der Waals surface area (Å²) in [7, 11) is 0. The molecule has 3 aromatic rings. The first-order valence-electron chi connectivity index (χ1n) is 11.3. The summed E-state index contributed by atoms with van der Waals surface area (Å²) in [6.07, 6.45) is 2.39. The van der Waals surface area contributed by atoms with Crippen LogP contribution in [0.4, 0.5) is 0 Å². The van der Waals surface area contributed by atoms with Gasteiger partial charge in [-0.3, -0.25) is 19.4 Å². The third-order valence-electron chi connectivity index (χ3n) is 6.31. The zero-order valence-corrected chi connectivity index (χ0v) is 19.6. The van der Waals surface area contributed by atoms with Crippen LogP contribution in [0.15, 0.2) is 54.6 Å². The molecule has 2 aromatic carbocycles. The number of rotatable bonds is 7. The summed E-state index contributed by atoms with van der Waals surface area (Å²) in [6.45, 7) is 7.18. The van der Waals surface area contributed by atoms with E-state index < -0.39 is 0 Å². The van der Waals surface area contributed by atoms with E-state index in [4.69, 9.17) is 12.2 Å². The third kappa shape index (κ3) is 5.34. The van der Waals surface area contributed by atoms with Crippen molar-refractivity contribution in [3.05, 3.63) is 70.5 Å². The molecule has 2 heterocycles. The minimum absolute atomic E-state index is 0.0674. The highest BCUT2D eigenvalue weighted by atomic mass is 32.1. The molecule has 1 unspecified atom stereocenters. The van der Waals surface area contributed by atoms with Crippen molar-refractivity contribution >= 4 is 18.1 Å². The number of aromatic amines is 1. The lowest BCUT2D eigenvalue weighted by molar-refractivity contribution is -0.122. The lowest BCUT2D eigenvalue weighted by atomic mass is 9.95. The number of aryl methyl sites for hydroxylation is 1. The van der Waals surface area contributed by atoms with E-state index in [1.54, 1.807) is 4.57 Å². The Bertz CT molecular complexity index is 1080. The van der Waals surface area contributed by atoms with Gasteiger partial charge in [0.05, 0.1) is 6.04 Å². The lowest BCUT2D eigenvalue weighted by Crippen LogP contribution is -2.42. The molecular formula is C25H31N5OS. The summed E-state index contributed by atoms with van der Waals surface area (Å²) in [5.74, 6) is 1.37. The molecule has 1 aliphatic rings. The molecule has 0 saturated carbocycles. The molecule has 0 radical (unpaired) electrons. The molecule has 1 fully saturated rings. The highest BCUT2D eigenvalue weighted by Crippen LogP contribution is 2.26. The van der Waals surface area contributed by atoms with Gasteiger partial charge in [0.1, 0.15) is 6.54 Å². The van der Waals surface area contributed by atoms with Crippen LogP contribution in [0, 0.1) is 17.6 Å². The first-order chi connectivity index (χ1) is 15.5. The molecule has 32 heavy (non-hydrogen) atoms. The summed E-state index contributed by atoms with van der Waals surface area (Å²) in [5.41, 5.74) is 3.34. The van der Waals surface area contributed by atoms with E-state index in [1.807, 2.05) is 37.3 Å². The average Bonchev–Trinajstić information content (AvgIpc) is 3.16. The van der Waals surface area contributed by atoms with Crippen LogP contribution in [0.2, 0.25) is 0 Å². The van der Waals surface area contributed by atoms with Crippen molar-refractivity contribution in [2.75, 3.05) is 19.6 Å². The second-order valence-corrected chi connectivity index (χ2v) is 9.14. The highest BCUT2D eigenvalue weighted by Gasteiger charge is 2.25. The highest BCUT2D eigenvalue weighted by molar-refractivity contribution is 7.71. The molecule has 1 amide bonds. The summed E-state index contributed by atoms with van der Waals surface area (Å²) >= 11 is 5.40. The van der Waals surface area contributed by atoms with Crippen LogP contribution in [0.5, 0.6) is 0 Å². The minimum atomic E-state index is -0.0674. The predicted molar refractivity (Wildman–Crippen MR) is 130 cm³/mol. The number of nitrogens with zero attached hydrogens (tertiary/aromatic N) is 3. The maximum atomic E-state index is 12.9. The Morgan fingerprint density at radius 2 is 1.84 bits per heavy atom. The van der Waals surface area contributed by atoms with E-state index in [1.165, 1.54) is 24.0 Å². The number of aromatic nitrogens is 3. The molecule has 0 aliphatic carbocycles. The maximum Gasteiger partial charge on any atom is 0.240 e. The third-order valence-corrected chi connectivity index (χ3v) is 6.62. The average molecular weight is 450 g/mol. The molecular weight excluding hydrogens is 418 g/mol. The van der Waals surface area contributed by atoms with Gasteiger partial charge in [-0.1, -0.05) is 67.1 Å².